The van der Waals surface area contributed by atoms with Gasteiger partial charge >= 0.3 is 0 Å². The Kier molecular flexibility index (Phi) is 4.32. The maximum absolute atomic E-state index is 13.6. The van der Waals surface area contributed by atoms with Crippen molar-refractivity contribution in [1.29, 1.82) is 0 Å². The standard InChI is InChI=1S/C15H14BrF2N/c1-9-3-2-4-12(15(9)16)14(19)7-10-5-6-11(17)8-13(10)18/h2-6,8,14H,7,19H2,1H3. The summed E-state index contributed by atoms with van der Waals surface area (Å²) in [6, 6.07) is 9.02. The van der Waals surface area contributed by atoms with Gasteiger partial charge in [0.05, 0.1) is 0 Å². The van der Waals surface area contributed by atoms with Gasteiger partial charge in [0.15, 0.2) is 0 Å². The van der Waals surface area contributed by atoms with Gasteiger partial charge in [-0.3, -0.25) is 0 Å². The van der Waals surface area contributed by atoms with Crippen LogP contribution in [-0.4, -0.2) is 0 Å². The monoisotopic (exact) mass is 325 g/mol. The van der Waals surface area contributed by atoms with Gasteiger partial charge in [0.25, 0.3) is 0 Å². The van der Waals surface area contributed by atoms with Gasteiger partial charge in [-0.25, -0.2) is 8.78 Å². The second-order valence-corrected chi connectivity index (χ2v) is 5.32. The number of aryl methyl sites for hydroxylation is 1. The molecule has 100 valence electrons. The topological polar surface area (TPSA) is 26.0 Å². The van der Waals surface area contributed by atoms with E-state index in [4.69, 9.17) is 5.73 Å². The van der Waals surface area contributed by atoms with Crippen LogP contribution in [0.4, 0.5) is 8.78 Å². The van der Waals surface area contributed by atoms with Gasteiger partial charge in [-0.05, 0) is 36.1 Å². The molecule has 1 nitrogen and oxygen atoms in total. The number of nitrogens with two attached hydrogens (primary N) is 1. The van der Waals surface area contributed by atoms with E-state index in [9.17, 15) is 8.78 Å². The predicted molar refractivity (Wildman–Crippen MR) is 75.9 cm³/mol. The second kappa shape index (κ2) is 5.80. The molecule has 2 aromatic carbocycles. The van der Waals surface area contributed by atoms with Gasteiger partial charge in [0.1, 0.15) is 11.6 Å². The first-order valence-corrected chi connectivity index (χ1v) is 6.73. The summed E-state index contributed by atoms with van der Waals surface area (Å²) < 4.78 is 27.4. The molecule has 2 aromatic rings. The molecular formula is C15H14BrF2N. The Labute approximate surface area is 119 Å². The summed E-state index contributed by atoms with van der Waals surface area (Å²) >= 11 is 3.49. The first kappa shape index (κ1) is 14.2. The van der Waals surface area contributed by atoms with Crippen LogP contribution in [0.5, 0.6) is 0 Å². The van der Waals surface area contributed by atoms with Crippen LogP contribution in [0.1, 0.15) is 22.7 Å². The molecule has 1 unspecified atom stereocenters. The lowest BCUT2D eigenvalue weighted by Gasteiger charge is -2.15. The average molecular weight is 326 g/mol. The van der Waals surface area contributed by atoms with Gasteiger partial charge in [0.2, 0.25) is 0 Å². The Bertz CT molecular complexity index is 599. The summed E-state index contributed by atoms with van der Waals surface area (Å²) in [6.45, 7) is 1.97. The lowest BCUT2D eigenvalue weighted by atomic mass is 9.98. The number of hydrogen-bond donors (Lipinski definition) is 1. The van der Waals surface area contributed by atoms with E-state index in [1.54, 1.807) is 0 Å². The van der Waals surface area contributed by atoms with Gasteiger partial charge in [0, 0.05) is 16.6 Å². The molecule has 0 aliphatic heterocycles. The van der Waals surface area contributed by atoms with Crippen LogP contribution in [0.2, 0.25) is 0 Å². The molecule has 0 saturated carbocycles. The highest BCUT2D eigenvalue weighted by Gasteiger charge is 2.14. The third-order valence-corrected chi connectivity index (χ3v) is 4.16. The van der Waals surface area contributed by atoms with E-state index in [1.807, 2.05) is 25.1 Å². The summed E-state index contributed by atoms with van der Waals surface area (Å²) in [5.74, 6) is -1.13. The van der Waals surface area contributed by atoms with Crippen molar-refractivity contribution in [1.82, 2.24) is 0 Å². The molecule has 2 rings (SSSR count). The molecule has 0 heterocycles. The molecular weight excluding hydrogens is 312 g/mol. The molecule has 0 aliphatic rings. The van der Waals surface area contributed by atoms with E-state index in [2.05, 4.69) is 15.9 Å². The zero-order valence-electron chi connectivity index (χ0n) is 10.5. The summed E-state index contributed by atoms with van der Waals surface area (Å²) in [6.07, 6.45) is 0.328. The second-order valence-electron chi connectivity index (χ2n) is 4.52. The van der Waals surface area contributed by atoms with Crippen molar-refractivity contribution in [3.8, 4) is 0 Å². The molecule has 0 bridgehead atoms. The maximum atomic E-state index is 13.6. The zero-order chi connectivity index (χ0) is 14.0. The van der Waals surface area contributed by atoms with Crippen LogP contribution in [0, 0.1) is 18.6 Å². The summed E-state index contributed by atoms with van der Waals surface area (Å²) in [5.41, 5.74) is 8.53. The van der Waals surface area contributed by atoms with E-state index in [1.165, 1.54) is 12.1 Å². The van der Waals surface area contributed by atoms with E-state index < -0.39 is 11.6 Å². The fraction of sp³-hybridized carbons (Fsp3) is 0.200. The van der Waals surface area contributed by atoms with Crippen molar-refractivity contribution in [2.45, 2.75) is 19.4 Å². The van der Waals surface area contributed by atoms with Crippen LogP contribution >= 0.6 is 15.9 Å². The lowest BCUT2D eigenvalue weighted by molar-refractivity contribution is 0.563. The number of rotatable bonds is 3. The van der Waals surface area contributed by atoms with Gasteiger partial charge in [-0.2, -0.15) is 0 Å². The van der Waals surface area contributed by atoms with Crippen molar-refractivity contribution in [2.75, 3.05) is 0 Å². The van der Waals surface area contributed by atoms with Crippen molar-refractivity contribution in [2.24, 2.45) is 5.73 Å². The molecule has 1 atom stereocenters. The van der Waals surface area contributed by atoms with Crippen LogP contribution < -0.4 is 5.73 Å². The average Bonchev–Trinajstić information content (AvgIpc) is 2.36. The fourth-order valence-electron chi connectivity index (χ4n) is 1.99. The molecule has 0 amide bonds. The Morgan fingerprint density at radius 1 is 1.21 bits per heavy atom. The lowest BCUT2D eigenvalue weighted by Crippen LogP contribution is -2.15. The molecule has 0 radical (unpaired) electrons. The Morgan fingerprint density at radius 3 is 2.63 bits per heavy atom. The third-order valence-electron chi connectivity index (χ3n) is 3.08. The summed E-state index contributed by atoms with van der Waals surface area (Å²) in [4.78, 5) is 0. The van der Waals surface area contributed by atoms with E-state index in [-0.39, 0.29) is 6.04 Å². The largest absolute Gasteiger partial charge is 0.324 e. The molecule has 2 N–H and O–H groups in total. The van der Waals surface area contributed by atoms with Crippen molar-refractivity contribution in [3.63, 3.8) is 0 Å². The first-order valence-electron chi connectivity index (χ1n) is 5.93. The smallest absolute Gasteiger partial charge is 0.129 e. The fourth-order valence-corrected chi connectivity index (χ4v) is 2.55. The Balaban J connectivity index is 2.25. The third kappa shape index (κ3) is 3.19. The minimum Gasteiger partial charge on any atom is -0.324 e. The summed E-state index contributed by atoms with van der Waals surface area (Å²) in [7, 11) is 0. The summed E-state index contributed by atoms with van der Waals surface area (Å²) in [5, 5.41) is 0. The highest BCUT2D eigenvalue weighted by Crippen LogP contribution is 2.28. The van der Waals surface area contributed by atoms with E-state index in [0.717, 1.165) is 21.7 Å². The van der Waals surface area contributed by atoms with Crippen LogP contribution in [0.3, 0.4) is 0 Å². The molecule has 19 heavy (non-hydrogen) atoms. The number of halogens is 3. The van der Waals surface area contributed by atoms with Crippen LogP contribution in [0.15, 0.2) is 40.9 Å². The van der Waals surface area contributed by atoms with Crippen LogP contribution in [-0.2, 0) is 6.42 Å². The van der Waals surface area contributed by atoms with Crippen molar-refractivity contribution < 1.29 is 8.78 Å². The minimum atomic E-state index is -0.577. The SMILES string of the molecule is Cc1cccc(C(N)Cc2ccc(F)cc2F)c1Br. The first-order chi connectivity index (χ1) is 8.99. The Hall–Kier alpha value is -1.26. The highest BCUT2D eigenvalue weighted by molar-refractivity contribution is 9.10. The van der Waals surface area contributed by atoms with Crippen molar-refractivity contribution >= 4 is 15.9 Å². The number of benzene rings is 2. The van der Waals surface area contributed by atoms with Crippen molar-refractivity contribution in [3.05, 3.63) is 69.2 Å². The molecule has 0 aliphatic carbocycles. The molecule has 4 heteroatoms. The van der Waals surface area contributed by atoms with E-state index in [0.29, 0.717) is 12.0 Å². The van der Waals surface area contributed by atoms with Gasteiger partial charge in [-0.15, -0.1) is 0 Å². The molecule has 0 fully saturated rings. The normalized spacial score (nSPS) is 12.5. The van der Waals surface area contributed by atoms with E-state index >= 15 is 0 Å². The highest BCUT2D eigenvalue weighted by atomic mass is 79.9. The zero-order valence-corrected chi connectivity index (χ0v) is 12.0. The quantitative estimate of drug-likeness (QED) is 0.895. The molecule has 0 aromatic heterocycles. The molecule has 0 spiro atoms. The number of hydrogen-bond acceptors (Lipinski definition) is 1. The van der Waals surface area contributed by atoms with Gasteiger partial charge < -0.3 is 5.73 Å². The Morgan fingerprint density at radius 2 is 1.95 bits per heavy atom. The maximum Gasteiger partial charge on any atom is 0.129 e. The minimum absolute atomic E-state index is 0.328. The molecule has 0 saturated heterocycles. The van der Waals surface area contributed by atoms with Crippen LogP contribution in [0.25, 0.3) is 0 Å². The van der Waals surface area contributed by atoms with Gasteiger partial charge in [-0.1, -0.05) is 40.2 Å². The predicted octanol–water partition coefficient (Wildman–Crippen LogP) is 4.28.